The number of nitrogens with zero attached hydrogens (tertiary/aromatic N) is 1. The van der Waals surface area contributed by atoms with Gasteiger partial charge in [-0.15, -0.1) is 0 Å². The van der Waals surface area contributed by atoms with Gasteiger partial charge in [0.15, 0.2) is 0 Å². The van der Waals surface area contributed by atoms with Gasteiger partial charge in [-0.1, -0.05) is 42.5 Å². The van der Waals surface area contributed by atoms with Crippen molar-refractivity contribution < 1.29 is 14.0 Å². The maximum atomic E-state index is 12.9. The van der Waals surface area contributed by atoms with Crippen molar-refractivity contribution in [2.45, 2.75) is 38.1 Å². The normalized spacial score (nSPS) is 14.8. The van der Waals surface area contributed by atoms with Gasteiger partial charge in [-0.25, -0.2) is 4.39 Å². The van der Waals surface area contributed by atoms with Crippen molar-refractivity contribution in [1.82, 2.24) is 10.2 Å². The fourth-order valence-electron chi connectivity index (χ4n) is 3.39. The number of benzene rings is 2. The molecule has 27 heavy (non-hydrogen) atoms. The van der Waals surface area contributed by atoms with Gasteiger partial charge in [-0.2, -0.15) is 0 Å². The second kappa shape index (κ2) is 9.31. The molecule has 2 amide bonds. The number of hydrogen-bond donors (Lipinski definition) is 1. The molecule has 0 radical (unpaired) electrons. The number of carbonyl (C=O) groups is 2. The van der Waals surface area contributed by atoms with Crippen LogP contribution >= 0.6 is 0 Å². The maximum absolute atomic E-state index is 12.9. The van der Waals surface area contributed by atoms with Crippen LogP contribution in [-0.2, 0) is 16.0 Å². The van der Waals surface area contributed by atoms with Crippen molar-refractivity contribution in [3.05, 3.63) is 71.5 Å². The molecule has 142 valence electrons. The number of halogens is 1. The minimum absolute atomic E-state index is 0.0365. The van der Waals surface area contributed by atoms with E-state index in [4.69, 9.17) is 0 Å². The van der Waals surface area contributed by atoms with Crippen LogP contribution in [0.15, 0.2) is 54.6 Å². The third-order valence-corrected chi connectivity index (χ3v) is 4.89. The second-order valence-electron chi connectivity index (χ2n) is 6.92. The van der Waals surface area contributed by atoms with Gasteiger partial charge >= 0.3 is 0 Å². The van der Waals surface area contributed by atoms with Crippen LogP contribution in [0.1, 0.15) is 42.9 Å². The molecule has 1 aliphatic heterocycles. The number of hydrogen-bond acceptors (Lipinski definition) is 2. The zero-order valence-electron chi connectivity index (χ0n) is 15.4. The highest BCUT2D eigenvalue weighted by Gasteiger charge is 2.28. The monoisotopic (exact) mass is 368 g/mol. The van der Waals surface area contributed by atoms with Crippen molar-refractivity contribution in [3.8, 4) is 0 Å². The third kappa shape index (κ3) is 5.39. The topological polar surface area (TPSA) is 49.4 Å². The molecule has 1 heterocycles. The van der Waals surface area contributed by atoms with E-state index in [0.29, 0.717) is 19.3 Å². The molecule has 3 rings (SSSR count). The second-order valence-corrected chi connectivity index (χ2v) is 6.92. The molecule has 1 aliphatic rings. The standard InChI is InChI=1S/C22H25FN2O2/c23-19-13-11-17(12-14-19)7-6-10-20(26)24-21(18-8-2-1-3-9-18)22(27)25-15-4-5-16-25/h1-3,8-9,11-14,21H,4-7,10,15-16H2,(H,24,26)/t21-/m0/s1. The highest BCUT2D eigenvalue weighted by molar-refractivity contribution is 5.88. The van der Waals surface area contributed by atoms with Gasteiger partial charge in [0, 0.05) is 19.5 Å². The minimum Gasteiger partial charge on any atom is -0.341 e. The Morgan fingerprint density at radius 3 is 2.33 bits per heavy atom. The van der Waals surface area contributed by atoms with E-state index in [0.717, 1.165) is 37.1 Å². The Morgan fingerprint density at radius 1 is 1.00 bits per heavy atom. The summed E-state index contributed by atoms with van der Waals surface area (Å²) in [5.74, 6) is -0.438. The molecule has 5 heteroatoms. The Labute approximate surface area is 159 Å². The van der Waals surface area contributed by atoms with Crippen LogP contribution in [-0.4, -0.2) is 29.8 Å². The predicted molar refractivity (Wildman–Crippen MR) is 102 cm³/mol. The molecule has 1 atom stereocenters. The van der Waals surface area contributed by atoms with Gasteiger partial charge < -0.3 is 10.2 Å². The number of likely N-dealkylation sites (tertiary alicyclic amines) is 1. The molecule has 4 nitrogen and oxygen atoms in total. The van der Waals surface area contributed by atoms with Gasteiger partial charge in [0.25, 0.3) is 0 Å². The number of carbonyl (C=O) groups excluding carboxylic acids is 2. The van der Waals surface area contributed by atoms with Gasteiger partial charge in [0.05, 0.1) is 0 Å². The van der Waals surface area contributed by atoms with E-state index >= 15 is 0 Å². The molecule has 0 saturated carbocycles. The first kappa shape index (κ1) is 19.1. The van der Waals surface area contributed by atoms with Gasteiger partial charge in [-0.05, 0) is 48.9 Å². The lowest BCUT2D eigenvalue weighted by Gasteiger charge is -2.24. The van der Waals surface area contributed by atoms with E-state index in [-0.39, 0.29) is 17.6 Å². The molecular weight excluding hydrogens is 343 g/mol. The van der Waals surface area contributed by atoms with Crippen LogP contribution in [0, 0.1) is 5.82 Å². The average Bonchev–Trinajstić information content (AvgIpc) is 3.23. The molecule has 0 spiro atoms. The molecule has 0 aliphatic carbocycles. The Morgan fingerprint density at radius 2 is 1.67 bits per heavy atom. The summed E-state index contributed by atoms with van der Waals surface area (Å²) in [6.07, 6.45) is 3.70. The smallest absolute Gasteiger partial charge is 0.249 e. The maximum Gasteiger partial charge on any atom is 0.249 e. The molecule has 0 bridgehead atoms. The van der Waals surface area contributed by atoms with Crippen molar-refractivity contribution >= 4 is 11.8 Å². The molecule has 2 aromatic carbocycles. The zero-order valence-corrected chi connectivity index (χ0v) is 15.4. The zero-order chi connectivity index (χ0) is 19.1. The van der Waals surface area contributed by atoms with E-state index in [9.17, 15) is 14.0 Å². The number of nitrogens with one attached hydrogen (secondary N) is 1. The van der Waals surface area contributed by atoms with Gasteiger partial charge in [0.2, 0.25) is 11.8 Å². The molecule has 2 aromatic rings. The number of aryl methyl sites for hydroxylation is 1. The summed E-state index contributed by atoms with van der Waals surface area (Å²) in [6, 6.07) is 15.1. The Balaban J connectivity index is 1.58. The van der Waals surface area contributed by atoms with Crippen molar-refractivity contribution in [3.63, 3.8) is 0 Å². The van der Waals surface area contributed by atoms with Crippen LogP contribution < -0.4 is 5.32 Å². The summed E-state index contributed by atoms with van der Waals surface area (Å²) in [5, 5.41) is 2.92. The first-order valence-electron chi connectivity index (χ1n) is 9.51. The van der Waals surface area contributed by atoms with Crippen LogP contribution in [0.2, 0.25) is 0 Å². The predicted octanol–water partition coefficient (Wildman–Crippen LogP) is 3.63. The Kier molecular flexibility index (Phi) is 6.58. The summed E-state index contributed by atoms with van der Waals surface area (Å²) in [4.78, 5) is 27.2. The lowest BCUT2D eigenvalue weighted by molar-refractivity contribution is -0.135. The summed E-state index contributed by atoms with van der Waals surface area (Å²) < 4.78 is 12.9. The van der Waals surface area contributed by atoms with Crippen molar-refractivity contribution in [2.24, 2.45) is 0 Å². The highest BCUT2D eigenvalue weighted by Crippen LogP contribution is 2.19. The first-order valence-corrected chi connectivity index (χ1v) is 9.51. The molecule has 1 fully saturated rings. The Hall–Kier alpha value is -2.69. The van der Waals surface area contributed by atoms with Crippen LogP contribution in [0.5, 0.6) is 0 Å². The summed E-state index contributed by atoms with van der Waals surface area (Å²) in [5.41, 5.74) is 1.80. The largest absolute Gasteiger partial charge is 0.341 e. The lowest BCUT2D eigenvalue weighted by atomic mass is 10.0. The van der Waals surface area contributed by atoms with Crippen LogP contribution in [0.3, 0.4) is 0 Å². The summed E-state index contributed by atoms with van der Waals surface area (Å²) >= 11 is 0. The highest BCUT2D eigenvalue weighted by atomic mass is 19.1. The Bertz CT molecular complexity index is 756. The van der Waals surface area contributed by atoms with E-state index in [1.165, 1.54) is 12.1 Å². The molecular formula is C22H25FN2O2. The van der Waals surface area contributed by atoms with Crippen molar-refractivity contribution in [1.29, 1.82) is 0 Å². The summed E-state index contributed by atoms with van der Waals surface area (Å²) in [7, 11) is 0. The molecule has 1 saturated heterocycles. The lowest BCUT2D eigenvalue weighted by Crippen LogP contribution is -2.41. The van der Waals surface area contributed by atoms with Gasteiger partial charge in [-0.3, -0.25) is 9.59 Å². The van der Waals surface area contributed by atoms with Gasteiger partial charge in [0.1, 0.15) is 11.9 Å². The van der Waals surface area contributed by atoms with E-state index in [2.05, 4.69) is 5.32 Å². The first-order chi connectivity index (χ1) is 13.1. The van der Waals surface area contributed by atoms with E-state index in [1.54, 1.807) is 12.1 Å². The van der Waals surface area contributed by atoms with Crippen LogP contribution in [0.25, 0.3) is 0 Å². The quantitative estimate of drug-likeness (QED) is 0.811. The molecule has 0 unspecified atom stereocenters. The van der Waals surface area contributed by atoms with Crippen LogP contribution in [0.4, 0.5) is 4.39 Å². The SMILES string of the molecule is O=C(CCCc1ccc(F)cc1)N[C@H](C(=O)N1CCCC1)c1ccccc1. The number of amides is 2. The third-order valence-electron chi connectivity index (χ3n) is 4.89. The molecule has 1 N–H and O–H groups in total. The fraction of sp³-hybridized carbons (Fsp3) is 0.364. The average molecular weight is 368 g/mol. The van der Waals surface area contributed by atoms with Crippen molar-refractivity contribution in [2.75, 3.05) is 13.1 Å². The van der Waals surface area contributed by atoms with E-state index < -0.39 is 6.04 Å². The van der Waals surface area contributed by atoms with E-state index in [1.807, 2.05) is 35.2 Å². The fourth-order valence-corrected chi connectivity index (χ4v) is 3.39. The minimum atomic E-state index is -0.636. The summed E-state index contributed by atoms with van der Waals surface area (Å²) in [6.45, 7) is 1.51. The number of rotatable bonds is 7. The molecule has 0 aromatic heterocycles.